The Morgan fingerprint density at radius 3 is 2.73 bits per heavy atom. The maximum absolute atomic E-state index is 12.4. The van der Waals surface area contributed by atoms with E-state index in [1.165, 1.54) is 4.90 Å². The van der Waals surface area contributed by atoms with E-state index in [1.807, 2.05) is 56.4 Å². The Kier molecular flexibility index (Phi) is 10.9. The van der Waals surface area contributed by atoms with Gasteiger partial charge in [-0.3, -0.25) is 9.78 Å². The highest BCUT2D eigenvalue weighted by Gasteiger charge is 2.23. The Bertz CT molecular complexity index is 845. The number of pyridine rings is 1. The normalized spacial score (nSPS) is 24.8. The molecule has 0 unspecified atom stereocenters. The first-order chi connectivity index (χ1) is 15.8. The molecule has 0 fully saturated rings. The maximum atomic E-state index is 12.4. The fourth-order valence-electron chi connectivity index (χ4n) is 3.65. The van der Waals surface area contributed by atoms with Crippen LogP contribution in [0.1, 0.15) is 64.5 Å². The molecule has 1 aromatic rings. The SMILES string of the molecule is C/C(=C\C=C\[C@@H](C)c1ccccn1)[C@H]1OC(=O)CCCCC[C@@H](OC(=O)N(C)C)/C=C\[C@@H]1C. The van der Waals surface area contributed by atoms with E-state index in [2.05, 4.69) is 18.0 Å². The highest BCUT2D eigenvalue weighted by Crippen LogP contribution is 2.22. The molecule has 1 aliphatic rings. The van der Waals surface area contributed by atoms with Crippen molar-refractivity contribution in [3.8, 4) is 0 Å². The number of aromatic nitrogens is 1. The van der Waals surface area contributed by atoms with Crippen LogP contribution in [-0.4, -0.2) is 48.2 Å². The van der Waals surface area contributed by atoms with Gasteiger partial charge < -0.3 is 14.4 Å². The number of carbonyl (C=O) groups is 2. The van der Waals surface area contributed by atoms with Gasteiger partial charge in [-0.25, -0.2) is 4.79 Å². The molecule has 0 spiro atoms. The van der Waals surface area contributed by atoms with Crippen LogP contribution in [0.3, 0.4) is 0 Å². The summed E-state index contributed by atoms with van der Waals surface area (Å²) in [5, 5.41) is 0. The van der Waals surface area contributed by atoms with Gasteiger partial charge >= 0.3 is 12.1 Å². The summed E-state index contributed by atoms with van der Waals surface area (Å²) in [7, 11) is 3.35. The van der Waals surface area contributed by atoms with Gasteiger partial charge in [-0.15, -0.1) is 0 Å². The molecule has 0 saturated carbocycles. The summed E-state index contributed by atoms with van der Waals surface area (Å²) >= 11 is 0. The molecule has 33 heavy (non-hydrogen) atoms. The van der Waals surface area contributed by atoms with Crippen molar-refractivity contribution >= 4 is 12.1 Å². The molecule has 180 valence electrons. The van der Waals surface area contributed by atoms with Gasteiger partial charge in [0.1, 0.15) is 12.2 Å². The number of cyclic esters (lactones) is 1. The minimum absolute atomic E-state index is 0.0631. The first-order valence-electron chi connectivity index (χ1n) is 11.8. The monoisotopic (exact) mass is 454 g/mol. The minimum atomic E-state index is -0.381. The second-order valence-electron chi connectivity index (χ2n) is 8.91. The largest absolute Gasteiger partial charge is 0.457 e. The summed E-state index contributed by atoms with van der Waals surface area (Å²) in [4.78, 5) is 30.3. The average molecular weight is 455 g/mol. The van der Waals surface area contributed by atoms with Crippen molar-refractivity contribution in [1.82, 2.24) is 9.88 Å². The molecular weight excluding hydrogens is 416 g/mol. The van der Waals surface area contributed by atoms with Crippen molar-refractivity contribution in [3.05, 3.63) is 66.0 Å². The van der Waals surface area contributed by atoms with E-state index in [0.29, 0.717) is 6.42 Å². The zero-order chi connectivity index (χ0) is 24.2. The molecule has 0 radical (unpaired) electrons. The molecule has 0 N–H and O–H groups in total. The van der Waals surface area contributed by atoms with Crippen LogP contribution in [0.5, 0.6) is 0 Å². The molecule has 0 aliphatic carbocycles. The quantitative estimate of drug-likeness (QED) is 0.318. The summed E-state index contributed by atoms with van der Waals surface area (Å²) < 4.78 is 11.5. The molecule has 1 aliphatic heterocycles. The molecule has 6 nitrogen and oxygen atoms in total. The van der Waals surface area contributed by atoms with Crippen LogP contribution >= 0.6 is 0 Å². The average Bonchev–Trinajstić information content (AvgIpc) is 2.79. The zero-order valence-electron chi connectivity index (χ0n) is 20.6. The number of carbonyl (C=O) groups excluding carboxylic acids is 2. The van der Waals surface area contributed by atoms with E-state index >= 15 is 0 Å². The first-order valence-corrected chi connectivity index (χ1v) is 11.8. The Morgan fingerprint density at radius 2 is 2.03 bits per heavy atom. The number of amides is 1. The van der Waals surface area contributed by atoms with Gasteiger partial charge in [-0.05, 0) is 50.0 Å². The lowest BCUT2D eigenvalue weighted by atomic mass is 9.95. The van der Waals surface area contributed by atoms with E-state index in [0.717, 1.165) is 37.0 Å². The number of nitrogens with zero attached hydrogens (tertiary/aromatic N) is 2. The van der Waals surface area contributed by atoms with Crippen molar-refractivity contribution in [1.29, 1.82) is 0 Å². The predicted octanol–water partition coefficient (Wildman–Crippen LogP) is 5.82. The second-order valence-corrected chi connectivity index (χ2v) is 8.91. The van der Waals surface area contributed by atoms with Gasteiger partial charge in [0.2, 0.25) is 0 Å². The van der Waals surface area contributed by atoms with E-state index in [-0.39, 0.29) is 36.1 Å². The molecule has 1 amide bonds. The number of rotatable bonds is 5. The molecular formula is C27H38N2O4. The van der Waals surface area contributed by atoms with Gasteiger partial charge in [0, 0.05) is 44.2 Å². The third-order valence-corrected chi connectivity index (χ3v) is 5.71. The third-order valence-electron chi connectivity index (χ3n) is 5.71. The zero-order valence-corrected chi connectivity index (χ0v) is 20.6. The fraction of sp³-hybridized carbons (Fsp3) is 0.519. The Hall–Kier alpha value is -2.89. The van der Waals surface area contributed by atoms with E-state index in [4.69, 9.17) is 9.47 Å². The van der Waals surface area contributed by atoms with Crippen molar-refractivity contribution in [2.45, 2.75) is 71.0 Å². The molecule has 1 aromatic heterocycles. The van der Waals surface area contributed by atoms with Crippen LogP contribution in [0, 0.1) is 5.92 Å². The van der Waals surface area contributed by atoms with Crippen LogP contribution in [0.25, 0.3) is 0 Å². The molecule has 0 saturated heterocycles. The minimum Gasteiger partial charge on any atom is -0.457 e. The lowest BCUT2D eigenvalue weighted by Crippen LogP contribution is -2.28. The van der Waals surface area contributed by atoms with E-state index in [9.17, 15) is 9.59 Å². The molecule has 0 aromatic carbocycles. The highest BCUT2D eigenvalue weighted by atomic mass is 16.6. The summed E-state index contributed by atoms with van der Waals surface area (Å²) in [5.74, 6) is -0.0552. The topological polar surface area (TPSA) is 68.7 Å². The van der Waals surface area contributed by atoms with E-state index in [1.54, 1.807) is 20.3 Å². The number of allylic oxidation sites excluding steroid dienone is 3. The third kappa shape index (κ3) is 9.24. The van der Waals surface area contributed by atoms with Gasteiger partial charge in [0.05, 0.1) is 0 Å². The van der Waals surface area contributed by atoms with Crippen LogP contribution in [0.2, 0.25) is 0 Å². The summed E-state index contributed by atoms with van der Waals surface area (Å²) in [6, 6.07) is 5.89. The number of hydrogen-bond donors (Lipinski definition) is 0. The Labute approximate surface area is 198 Å². The Balaban J connectivity index is 2.16. The lowest BCUT2D eigenvalue weighted by molar-refractivity contribution is -0.148. The number of hydrogen-bond acceptors (Lipinski definition) is 5. The maximum Gasteiger partial charge on any atom is 0.409 e. The van der Waals surface area contributed by atoms with E-state index < -0.39 is 0 Å². The van der Waals surface area contributed by atoms with Crippen molar-refractivity contribution in [2.75, 3.05) is 14.1 Å². The summed E-state index contributed by atoms with van der Waals surface area (Å²) in [5.41, 5.74) is 1.97. The smallest absolute Gasteiger partial charge is 0.409 e. The van der Waals surface area contributed by atoms with Crippen LogP contribution in [-0.2, 0) is 14.3 Å². The molecule has 2 rings (SSSR count). The second kappa shape index (κ2) is 13.6. The predicted molar refractivity (Wildman–Crippen MR) is 131 cm³/mol. The van der Waals surface area contributed by atoms with Crippen molar-refractivity contribution in [2.24, 2.45) is 5.92 Å². The van der Waals surface area contributed by atoms with Crippen LogP contribution in [0.4, 0.5) is 4.79 Å². The van der Waals surface area contributed by atoms with Crippen molar-refractivity contribution < 1.29 is 19.1 Å². The van der Waals surface area contributed by atoms with Gasteiger partial charge in [-0.1, -0.05) is 50.6 Å². The molecule has 6 heteroatoms. The van der Waals surface area contributed by atoms with Crippen LogP contribution < -0.4 is 0 Å². The molecule has 2 heterocycles. The molecule has 4 atom stereocenters. The standard InChI is InChI=1S/C27H38N2O4/c1-20(24-15-9-10-19-28-24)12-11-13-21(2)26-22(3)17-18-23(32-27(31)29(4)5)14-7-6-8-16-25(30)33-26/h9-13,15,17-20,22-23,26H,6-8,14,16H2,1-5H3/b12-11+,18-17-,21-13+/t20-,22+,23-,26-/m1/s1. The highest BCUT2D eigenvalue weighted by molar-refractivity contribution is 5.70. The molecule has 0 bridgehead atoms. The Morgan fingerprint density at radius 1 is 1.24 bits per heavy atom. The lowest BCUT2D eigenvalue weighted by Gasteiger charge is -2.24. The fourth-order valence-corrected chi connectivity index (χ4v) is 3.65. The number of esters is 1. The van der Waals surface area contributed by atoms with Gasteiger partial charge in [0.15, 0.2) is 0 Å². The van der Waals surface area contributed by atoms with Gasteiger partial charge in [0.25, 0.3) is 0 Å². The first kappa shape index (κ1) is 26.4. The van der Waals surface area contributed by atoms with Crippen molar-refractivity contribution in [3.63, 3.8) is 0 Å². The number of ether oxygens (including phenoxy) is 2. The summed E-state index contributed by atoms with van der Waals surface area (Å²) in [6.07, 6.45) is 14.5. The van der Waals surface area contributed by atoms with Gasteiger partial charge in [-0.2, -0.15) is 0 Å². The van der Waals surface area contributed by atoms with Crippen LogP contribution in [0.15, 0.2) is 60.3 Å². The summed E-state index contributed by atoms with van der Waals surface area (Å²) in [6.45, 7) is 6.09.